The van der Waals surface area contributed by atoms with Crippen molar-refractivity contribution in [2.45, 2.75) is 32.6 Å². The largest absolute Gasteiger partial charge is 0.454 e. The van der Waals surface area contributed by atoms with E-state index < -0.39 is 24.6 Å². The number of hydrogen-bond donors (Lipinski definition) is 1. The molecule has 0 bridgehead atoms. The normalized spacial score (nSPS) is 14.6. The van der Waals surface area contributed by atoms with Gasteiger partial charge >= 0.3 is 12.2 Å². The van der Waals surface area contributed by atoms with Gasteiger partial charge < -0.3 is 15.0 Å². The van der Waals surface area contributed by atoms with E-state index in [0.29, 0.717) is 35.8 Å². The second-order valence-corrected chi connectivity index (χ2v) is 9.15. The summed E-state index contributed by atoms with van der Waals surface area (Å²) in [6, 6.07) is 12.2. The molecule has 1 fully saturated rings. The summed E-state index contributed by atoms with van der Waals surface area (Å²) in [7, 11) is 0. The molecule has 0 spiro atoms. The molecule has 0 saturated carbocycles. The molecule has 1 aromatic heterocycles. The summed E-state index contributed by atoms with van der Waals surface area (Å²) in [5, 5.41) is 2.90. The van der Waals surface area contributed by atoms with Crippen LogP contribution in [0.1, 0.15) is 29.8 Å². The van der Waals surface area contributed by atoms with Gasteiger partial charge in [-0.15, -0.1) is 0 Å². The average Bonchev–Trinajstić information content (AvgIpc) is 2.91. The van der Waals surface area contributed by atoms with E-state index in [1.165, 1.54) is 12.1 Å². The molecular weight excluding hydrogens is 504 g/mol. The van der Waals surface area contributed by atoms with E-state index in [1.807, 2.05) is 0 Å². The maximum atomic E-state index is 13.2. The van der Waals surface area contributed by atoms with Gasteiger partial charge in [0.25, 0.3) is 5.91 Å². The summed E-state index contributed by atoms with van der Waals surface area (Å²) in [6.07, 6.45) is -4.57. The Bertz CT molecular complexity index is 1230. The first kappa shape index (κ1) is 27.2. The quantitative estimate of drug-likeness (QED) is 0.431. The Kier molecular flexibility index (Phi) is 8.40. The van der Waals surface area contributed by atoms with Gasteiger partial charge in [0.2, 0.25) is 5.95 Å². The first-order valence-corrected chi connectivity index (χ1v) is 12.1. The molecule has 3 aromatic rings. The van der Waals surface area contributed by atoms with Gasteiger partial charge in [0, 0.05) is 49.9 Å². The number of hydrogen-bond acceptors (Lipinski definition) is 7. The Labute approximate surface area is 217 Å². The highest BCUT2D eigenvalue weighted by molar-refractivity contribution is 5.94. The van der Waals surface area contributed by atoms with Crippen molar-refractivity contribution in [1.82, 2.24) is 24.8 Å². The molecular formula is C26H28F4N6O2. The van der Waals surface area contributed by atoms with Gasteiger partial charge in [-0.2, -0.15) is 28.1 Å². The molecule has 1 aliphatic heterocycles. The van der Waals surface area contributed by atoms with Crippen molar-refractivity contribution in [2.75, 3.05) is 38.1 Å². The van der Waals surface area contributed by atoms with E-state index in [9.17, 15) is 22.4 Å². The summed E-state index contributed by atoms with van der Waals surface area (Å²) in [5.41, 5.74) is 1.67. The van der Waals surface area contributed by atoms with Crippen LogP contribution in [0.3, 0.4) is 0 Å². The smallest absolute Gasteiger partial charge is 0.422 e. The zero-order valence-electron chi connectivity index (χ0n) is 21.0. The molecule has 1 N–H and O–H groups in total. The van der Waals surface area contributed by atoms with Crippen LogP contribution in [0, 0.1) is 5.82 Å². The summed E-state index contributed by atoms with van der Waals surface area (Å²) < 4.78 is 56.1. The summed E-state index contributed by atoms with van der Waals surface area (Å²) in [4.78, 5) is 29.3. The van der Waals surface area contributed by atoms with Crippen LogP contribution >= 0.6 is 0 Å². The first-order valence-electron chi connectivity index (χ1n) is 12.1. The number of anilines is 1. The number of aromatic nitrogens is 3. The van der Waals surface area contributed by atoms with Crippen molar-refractivity contribution in [3.63, 3.8) is 0 Å². The van der Waals surface area contributed by atoms with Crippen LogP contribution in [0.2, 0.25) is 0 Å². The van der Waals surface area contributed by atoms with Crippen molar-refractivity contribution < 1.29 is 27.1 Å². The van der Waals surface area contributed by atoms with Gasteiger partial charge in [-0.25, -0.2) is 4.39 Å². The Morgan fingerprint density at radius 2 is 1.63 bits per heavy atom. The van der Waals surface area contributed by atoms with Crippen LogP contribution in [0.4, 0.5) is 23.5 Å². The number of halogens is 4. The minimum atomic E-state index is -4.57. The molecule has 8 nitrogen and oxygen atoms in total. The number of nitrogens with one attached hydrogen (secondary N) is 1. The van der Waals surface area contributed by atoms with Gasteiger partial charge in [-0.05, 0) is 43.7 Å². The molecule has 0 atom stereocenters. The lowest BCUT2D eigenvalue weighted by Crippen LogP contribution is -2.50. The fourth-order valence-electron chi connectivity index (χ4n) is 3.94. The van der Waals surface area contributed by atoms with E-state index in [4.69, 9.17) is 4.74 Å². The number of rotatable bonds is 8. The van der Waals surface area contributed by atoms with E-state index in [2.05, 4.69) is 39.0 Å². The number of carbonyl (C=O) groups is 1. The third kappa shape index (κ3) is 7.37. The van der Waals surface area contributed by atoms with Crippen molar-refractivity contribution in [3.8, 4) is 17.4 Å². The van der Waals surface area contributed by atoms with E-state index in [-0.39, 0.29) is 24.2 Å². The summed E-state index contributed by atoms with van der Waals surface area (Å²) >= 11 is 0. The number of piperazine rings is 1. The van der Waals surface area contributed by atoms with Gasteiger partial charge in [0.15, 0.2) is 12.4 Å². The highest BCUT2D eigenvalue weighted by Crippen LogP contribution is 2.23. The predicted octanol–water partition coefficient (Wildman–Crippen LogP) is 4.40. The molecule has 2 heterocycles. The van der Waals surface area contributed by atoms with Crippen LogP contribution in [0.15, 0.2) is 48.5 Å². The van der Waals surface area contributed by atoms with Crippen LogP contribution in [-0.2, 0) is 6.54 Å². The Morgan fingerprint density at radius 1 is 0.974 bits per heavy atom. The molecule has 1 aliphatic rings. The number of ether oxygens (including phenoxy) is 1. The molecule has 2 aromatic carbocycles. The second kappa shape index (κ2) is 11.7. The zero-order chi connectivity index (χ0) is 27.3. The molecule has 1 amide bonds. The van der Waals surface area contributed by atoms with Crippen LogP contribution in [0.25, 0.3) is 11.4 Å². The molecule has 1 saturated heterocycles. The molecule has 0 aliphatic carbocycles. The molecule has 0 unspecified atom stereocenters. The molecule has 202 valence electrons. The van der Waals surface area contributed by atoms with Gasteiger partial charge in [0.05, 0.1) is 0 Å². The van der Waals surface area contributed by atoms with E-state index in [1.54, 1.807) is 41.3 Å². The van der Waals surface area contributed by atoms with Crippen LogP contribution < -0.4 is 10.1 Å². The SMILES string of the molecule is CC(C)N1CCN(C(=O)c2ccc(-c3nc(NCc4ccc(F)cc4)nc(OCC(F)(F)F)n3)cc2)CC1. The topological polar surface area (TPSA) is 83.5 Å². The van der Waals surface area contributed by atoms with Gasteiger partial charge in [-0.3, -0.25) is 9.69 Å². The summed E-state index contributed by atoms with van der Waals surface area (Å²) in [6.45, 7) is 5.76. The van der Waals surface area contributed by atoms with Gasteiger partial charge in [0.1, 0.15) is 5.82 Å². The summed E-state index contributed by atoms with van der Waals surface area (Å²) in [5.74, 6) is -0.423. The monoisotopic (exact) mass is 532 g/mol. The lowest BCUT2D eigenvalue weighted by Gasteiger charge is -2.37. The Morgan fingerprint density at radius 3 is 2.24 bits per heavy atom. The fourth-order valence-corrected chi connectivity index (χ4v) is 3.94. The van der Waals surface area contributed by atoms with E-state index in [0.717, 1.165) is 13.1 Å². The van der Waals surface area contributed by atoms with Crippen molar-refractivity contribution in [1.29, 1.82) is 0 Å². The zero-order valence-corrected chi connectivity index (χ0v) is 21.0. The third-order valence-corrected chi connectivity index (χ3v) is 6.07. The highest BCUT2D eigenvalue weighted by Gasteiger charge is 2.29. The van der Waals surface area contributed by atoms with Crippen molar-refractivity contribution in [3.05, 3.63) is 65.5 Å². The molecule has 4 rings (SSSR count). The number of alkyl halides is 3. The maximum absolute atomic E-state index is 13.2. The number of nitrogens with zero attached hydrogens (tertiary/aromatic N) is 5. The number of carbonyl (C=O) groups excluding carboxylic acids is 1. The standard InChI is InChI=1S/C26H28F4N6O2/c1-17(2)35-11-13-36(14-12-35)23(37)20-7-5-19(6-8-20)22-32-24(31-15-18-3-9-21(27)10-4-18)34-25(33-22)38-16-26(28,29)30/h3-10,17H,11-16H2,1-2H3,(H,31,32,33,34). The number of amides is 1. The Hall–Kier alpha value is -3.80. The third-order valence-electron chi connectivity index (χ3n) is 6.07. The predicted molar refractivity (Wildman–Crippen MR) is 133 cm³/mol. The van der Waals surface area contributed by atoms with Crippen LogP contribution in [-0.4, -0.2) is 75.7 Å². The second-order valence-electron chi connectivity index (χ2n) is 9.15. The first-order chi connectivity index (χ1) is 18.1. The average molecular weight is 533 g/mol. The van der Waals surface area contributed by atoms with E-state index >= 15 is 0 Å². The maximum Gasteiger partial charge on any atom is 0.422 e. The molecule has 12 heteroatoms. The minimum Gasteiger partial charge on any atom is -0.454 e. The number of benzene rings is 2. The molecule has 38 heavy (non-hydrogen) atoms. The van der Waals surface area contributed by atoms with Crippen molar-refractivity contribution in [2.24, 2.45) is 0 Å². The van der Waals surface area contributed by atoms with Crippen LogP contribution in [0.5, 0.6) is 6.01 Å². The highest BCUT2D eigenvalue weighted by atomic mass is 19.4. The van der Waals surface area contributed by atoms with Gasteiger partial charge in [-0.1, -0.05) is 24.3 Å². The lowest BCUT2D eigenvalue weighted by molar-refractivity contribution is -0.154. The van der Waals surface area contributed by atoms with Crippen molar-refractivity contribution >= 4 is 11.9 Å². The lowest BCUT2D eigenvalue weighted by atomic mass is 10.1. The fraction of sp³-hybridized carbons (Fsp3) is 0.385. The minimum absolute atomic E-state index is 0.0142. The molecule has 0 radical (unpaired) electrons. The Balaban J connectivity index is 1.51.